The summed E-state index contributed by atoms with van der Waals surface area (Å²) in [5.41, 5.74) is 0. The molecule has 0 aromatic rings. The molecule has 1 aliphatic heterocycles. The van der Waals surface area contributed by atoms with Crippen LogP contribution < -0.4 is 5.32 Å². The van der Waals surface area contributed by atoms with Gasteiger partial charge in [0.05, 0.1) is 6.61 Å². The molecule has 0 saturated carbocycles. The molecule has 3 heteroatoms. The van der Waals surface area contributed by atoms with Crippen molar-refractivity contribution in [2.24, 2.45) is 5.92 Å². The quantitative estimate of drug-likeness (QED) is 0.438. The highest BCUT2D eigenvalue weighted by Gasteiger charge is 2.13. The molecule has 1 fully saturated rings. The average molecular weight is 143 g/mol. The van der Waals surface area contributed by atoms with Crippen molar-refractivity contribution in [3.63, 3.8) is 0 Å². The van der Waals surface area contributed by atoms with Crippen LogP contribution in [0.2, 0.25) is 0 Å². The topological polar surface area (TPSA) is 38.3 Å². The van der Waals surface area contributed by atoms with Crippen molar-refractivity contribution >= 4 is 6.29 Å². The van der Waals surface area contributed by atoms with Crippen molar-refractivity contribution in [1.82, 2.24) is 5.32 Å². The van der Waals surface area contributed by atoms with E-state index in [0.29, 0.717) is 5.92 Å². The van der Waals surface area contributed by atoms with E-state index in [0.717, 1.165) is 26.0 Å². The van der Waals surface area contributed by atoms with Crippen molar-refractivity contribution in [3.05, 3.63) is 0 Å². The van der Waals surface area contributed by atoms with Gasteiger partial charge in [-0.15, -0.1) is 0 Å². The van der Waals surface area contributed by atoms with E-state index in [1.54, 1.807) is 0 Å². The van der Waals surface area contributed by atoms with Crippen LogP contribution >= 0.6 is 0 Å². The molecule has 0 bridgehead atoms. The summed E-state index contributed by atoms with van der Waals surface area (Å²) in [7, 11) is 0. The summed E-state index contributed by atoms with van der Waals surface area (Å²) in [4.78, 5) is 9.84. The lowest BCUT2D eigenvalue weighted by atomic mass is 10.1. The van der Waals surface area contributed by atoms with Gasteiger partial charge in [-0.2, -0.15) is 0 Å². The van der Waals surface area contributed by atoms with Crippen LogP contribution in [0.25, 0.3) is 0 Å². The number of rotatable bonds is 4. The van der Waals surface area contributed by atoms with Gasteiger partial charge in [0.25, 0.3) is 0 Å². The normalized spacial score (nSPS) is 25.0. The van der Waals surface area contributed by atoms with Crippen LogP contribution in [0.15, 0.2) is 0 Å². The minimum Gasteiger partial charge on any atom is -0.374 e. The summed E-state index contributed by atoms with van der Waals surface area (Å²) in [5.74, 6) is 0.625. The molecule has 58 valence electrons. The van der Waals surface area contributed by atoms with Crippen LogP contribution in [0.4, 0.5) is 0 Å². The summed E-state index contributed by atoms with van der Waals surface area (Å²) in [6.07, 6.45) is 1.97. The molecule has 1 N–H and O–H groups in total. The molecule has 3 nitrogen and oxygen atoms in total. The van der Waals surface area contributed by atoms with Crippen molar-refractivity contribution in [2.45, 2.75) is 6.42 Å². The van der Waals surface area contributed by atoms with Crippen LogP contribution in [-0.2, 0) is 9.53 Å². The summed E-state index contributed by atoms with van der Waals surface area (Å²) in [6, 6.07) is 0. The zero-order valence-corrected chi connectivity index (χ0v) is 6.01. The number of aldehydes is 1. The van der Waals surface area contributed by atoms with Gasteiger partial charge in [0.2, 0.25) is 0 Å². The van der Waals surface area contributed by atoms with Gasteiger partial charge in [0, 0.05) is 6.54 Å². The van der Waals surface area contributed by atoms with Gasteiger partial charge < -0.3 is 14.8 Å². The Labute approximate surface area is 60.7 Å². The van der Waals surface area contributed by atoms with Crippen LogP contribution in [0, 0.1) is 5.92 Å². The Morgan fingerprint density at radius 3 is 3.20 bits per heavy atom. The highest BCUT2D eigenvalue weighted by Crippen LogP contribution is 2.06. The fourth-order valence-corrected chi connectivity index (χ4v) is 1.14. The first-order chi connectivity index (χ1) is 4.93. The minimum atomic E-state index is 0.247. The number of nitrogens with one attached hydrogen (secondary N) is 1. The first-order valence-electron chi connectivity index (χ1n) is 3.65. The Bertz CT molecular complexity index is 99.8. The van der Waals surface area contributed by atoms with Crippen LogP contribution in [0.3, 0.4) is 0 Å². The van der Waals surface area contributed by atoms with Gasteiger partial charge in [0.1, 0.15) is 12.9 Å². The first-order valence-corrected chi connectivity index (χ1v) is 3.65. The molecule has 1 aliphatic rings. The van der Waals surface area contributed by atoms with E-state index in [1.165, 1.54) is 6.42 Å². The molecule has 10 heavy (non-hydrogen) atoms. The van der Waals surface area contributed by atoms with E-state index in [1.807, 2.05) is 0 Å². The molecule has 0 aliphatic carbocycles. The molecule has 0 amide bonds. The number of carbonyl (C=O) groups is 1. The van der Waals surface area contributed by atoms with Crippen LogP contribution in [0.5, 0.6) is 0 Å². The van der Waals surface area contributed by atoms with E-state index < -0.39 is 0 Å². The third kappa shape index (κ3) is 2.45. The Morgan fingerprint density at radius 2 is 2.60 bits per heavy atom. The van der Waals surface area contributed by atoms with Crippen molar-refractivity contribution < 1.29 is 9.53 Å². The average Bonchev–Trinajstić information content (AvgIpc) is 2.41. The van der Waals surface area contributed by atoms with Gasteiger partial charge in [-0.05, 0) is 18.9 Å². The van der Waals surface area contributed by atoms with Crippen molar-refractivity contribution in [3.8, 4) is 0 Å². The molecule has 1 heterocycles. The molecule has 1 atom stereocenters. The molecule has 1 saturated heterocycles. The summed E-state index contributed by atoms with van der Waals surface area (Å²) >= 11 is 0. The third-order valence-corrected chi connectivity index (χ3v) is 1.70. The minimum absolute atomic E-state index is 0.247. The van der Waals surface area contributed by atoms with Gasteiger partial charge >= 0.3 is 0 Å². The predicted molar refractivity (Wildman–Crippen MR) is 37.9 cm³/mol. The van der Waals surface area contributed by atoms with E-state index in [-0.39, 0.29) is 6.61 Å². The zero-order chi connectivity index (χ0) is 7.23. The van der Waals surface area contributed by atoms with Gasteiger partial charge in [-0.25, -0.2) is 0 Å². The van der Waals surface area contributed by atoms with Crippen molar-refractivity contribution in [1.29, 1.82) is 0 Å². The highest BCUT2D eigenvalue weighted by atomic mass is 16.5. The Kier molecular flexibility index (Phi) is 3.40. The Balaban J connectivity index is 1.96. The fraction of sp³-hybridized carbons (Fsp3) is 0.857. The second-order valence-corrected chi connectivity index (χ2v) is 2.56. The third-order valence-electron chi connectivity index (χ3n) is 1.70. The molecular formula is C7H13NO2. The number of hydrogen-bond donors (Lipinski definition) is 1. The molecule has 0 radical (unpaired) electrons. The molecule has 0 aromatic carbocycles. The zero-order valence-electron chi connectivity index (χ0n) is 6.01. The molecule has 1 rings (SSSR count). The first kappa shape index (κ1) is 7.69. The molecule has 0 unspecified atom stereocenters. The molecule has 0 spiro atoms. The standard InChI is InChI=1S/C7H13NO2/c9-3-4-10-6-7-1-2-8-5-7/h3,7-8H,1-2,4-6H2/t7-/m0/s1. The van der Waals surface area contributed by atoms with E-state index in [4.69, 9.17) is 4.74 Å². The predicted octanol–water partition coefficient (Wildman–Crippen LogP) is -0.189. The smallest absolute Gasteiger partial charge is 0.145 e. The maximum Gasteiger partial charge on any atom is 0.145 e. The molecular weight excluding hydrogens is 130 g/mol. The lowest BCUT2D eigenvalue weighted by Crippen LogP contribution is -2.14. The number of carbonyl (C=O) groups excluding carboxylic acids is 1. The Hall–Kier alpha value is -0.410. The SMILES string of the molecule is O=CCOC[C@H]1CCNC1. The highest BCUT2D eigenvalue weighted by molar-refractivity contribution is 5.50. The Morgan fingerprint density at radius 1 is 1.70 bits per heavy atom. The van der Waals surface area contributed by atoms with E-state index in [9.17, 15) is 4.79 Å². The lowest BCUT2D eigenvalue weighted by molar-refractivity contribution is -0.112. The number of hydrogen-bond acceptors (Lipinski definition) is 3. The summed E-state index contributed by atoms with van der Waals surface area (Å²) in [6.45, 7) is 3.11. The number of ether oxygens (including phenoxy) is 1. The van der Waals surface area contributed by atoms with Gasteiger partial charge in [0.15, 0.2) is 0 Å². The van der Waals surface area contributed by atoms with E-state index in [2.05, 4.69) is 5.32 Å². The second kappa shape index (κ2) is 4.41. The summed E-state index contributed by atoms with van der Waals surface area (Å²) < 4.78 is 5.06. The van der Waals surface area contributed by atoms with Gasteiger partial charge in [-0.1, -0.05) is 0 Å². The largest absolute Gasteiger partial charge is 0.374 e. The second-order valence-electron chi connectivity index (χ2n) is 2.56. The van der Waals surface area contributed by atoms with Gasteiger partial charge in [-0.3, -0.25) is 0 Å². The lowest BCUT2D eigenvalue weighted by Gasteiger charge is -2.05. The van der Waals surface area contributed by atoms with Crippen molar-refractivity contribution in [2.75, 3.05) is 26.3 Å². The monoisotopic (exact) mass is 143 g/mol. The maximum absolute atomic E-state index is 9.84. The fourth-order valence-electron chi connectivity index (χ4n) is 1.14. The summed E-state index contributed by atoms with van der Waals surface area (Å²) in [5, 5.41) is 3.23. The molecule has 0 aromatic heterocycles. The van der Waals surface area contributed by atoms with E-state index >= 15 is 0 Å². The van der Waals surface area contributed by atoms with Crippen LogP contribution in [-0.4, -0.2) is 32.6 Å². The van der Waals surface area contributed by atoms with Crippen LogP contribution in [0.1, 0.15) is 6.42 Å². The maximum atomic E-state index is 9.84.